The molecule has 0 spiro atoms. The van der Waals surface area contributed by atoms with Crippen molar-refractivity contribution in [2.75, 3.05) is 11.4 Å². The van der Waals surface area contributed by atoms with E-state index in [9.17, 15) is 9.59 Å². The lowest BCUT2D eigenvalue weighted by Gasteiger charge is -2.18. The van der Waals surface area contributed by atoms with Crippen LogP contribution in [0.4, 0.5) is 5.69 Å². The molecule has 1 aliphatic heterocycles. The van der Waals surface area contributed by atoms with Crippen LogP contribution in [0.2, 0.25) is 5.02 Å². The minimum Gasteiger partial charge on any atom is -0.349 e. The van der Waals surface area contributed by atoms with E-state index in [1.807, 2.05) is 0 Å². The fourth-order valence-corrected chi connectivity index (χ4v) is 2.48. The Bertz CT molecular complexity index is 540. The molecule has 1 aromatic carbocycles. The Balaban J connectivity index is 1.86. The van der Waals surface area contributed by atoms with Crippen molar-refractivity contribution in [3.05, 3.63) is 28.8 Å². The van der Waals surface area contributed by atoms with Gasteiger partial charge in [-0.2, -0.15) is 0 Å². The van der Waals surface area contributed by atoms with Gasteiger partial charge in [-0.3, -0.25) is 9.59 Å². The molecular formula is C14H15ClN2O2. The molecule has 1 aromatic rings. The Morgan fingerprint density at radius 1 is 1.37 bits per heavy atom. The Labute approximate surface area is 116 Å². The van der Waals surface area contributed by atoms with Crippen LogP contribution in [-0.2, 0) is 4.79 Å². The largest absolute Gasteiger partial charge is 0.349 e. The third-order valence-corrected chi connectivity index (χ3v) is 3.80. The Kier molecular flexibility index (Phi) is 3.19. The predicted octanol–water partition coefficient (Wildman–Crippen LogP) is 2.36. The summed E-state index contributed by atoms with van der Waals surface area (Å²) in [5, 5.41) is 3.45. The first kappa shape index (κ1) is 12.5. The second-order valence-electron chi connectivity index (χ2n) is 5.06. The van der Waals surface area contributed by atoms with Gasteiger partial charge in [0.05, 0.1) is 10.7 Å². The summed E-state index contributed by atoms with van der Waals surface area (Å²) in [6, 6.07) is 5.41. The number of carbonyl (C=O) groups is 2. The first-order valence-corrected chi connectivity index (χ1v) is 6.94. The second kappa shape index (κ2) is 4.85. The molecule has 1 N–H and O–H groups in total. The molecule has 2 aliphatic rings. The van der Waals surface area contributed by atoms with Crippen LogP contribution in [0.5, 0.6) is 0 Å². The smallest absolute Gasteiger partial charge is 0.251 e. The fourth-order valence-electron chi connectivity index (χ4n) is 2.26. The standard InChI is InChI=1S/C14H15ClN2O2/c15-11-6-3-9(14(19)16-10-4-5-10)8-12(11)17-7-1-2-13(17)18/h3,6,8,10H,1-2,4-5,7H2,(H,16,19). The van der Waals surface area contributed by atoms with Crippen LogP contribution in [0.3, 0.4) is 0 Å². The molecule has 19 heavy (non-hydrogen) atoms. The third-order valence-electron chi connectivity index (χ3n) is 3.49. The average Bonchev–Trinajstić information content (AvgIpc) is 3.10. The van der Waals surface area contributed by atoms with Gasteiger partial charge >= 0.3 is 0 Å². The number of amides is 2. The summed E-state index contributed by atoms with van der Waals surface area (Å²) in [5.41, 5.74) is 1.21. The zero-order chi connectivity index (χ0) is 13.4. The molecule has 2 amide bonds. The maximum absolute atomic E-state index is 12.0. The van der Waals surface area contributed by atoms with Crippen molar-refractivity contribution in [3.63, 3.8) is 0 Å². The SMILES string of the molecule is O=C(NC1CC1)c1ccc(Cl)c(N2CCCC2=O)c1. The number of nitrogens with one attached hydrogen (secondary N) is 1. The predicted molar refractivity (Wildman–Crippen MR) is 73.5 cm³/mol. The van der Waals surface area contributed by atoms with Gasteiger partial charge in [0, 0.05) is 24.6 Å². The van der Waals surface area contributed by atoms with Gasteiger partial charge in [-0.05, 0) is 37.5 Å². The van der Waals surface area contributed by atoms with Gasteiger partial charge < -0.3 is 10.2 Å². The van der Waals surface area contributed by atoms with Crippen molar-refractivity contribution >= 4 is 29.1 Å². The van der Waals surface area contributed by atoms with Gasteiger partial charge in [0.1, 0.15) is 0 Å². The number of halogens is 1. The maximum Gasteiger partial charge on any atom is 0.251 e. The monoisotopic (exact) mass is 278 g/mol. The number of hydrogen-bond donors (Lipinski definition) is 1. The van der Waals surface area contributed by atoms with Gasteiger partial charge in [0.25, 0.3) is 5.91 Å². The van der Waals surface area contributed by atoms with Gasteiger partial charge in [0.2, 0.25) is 5.91 Å². The number of anilines is 1. The molecule has 0 bridgehead atoms. The molecule has 0 atom stereocenters. The summed E-state index contributed by atoms with van der Waals surface area (Å²) in [4.78, 5) is 25.4. The van der Waals surface area contributed by atoms with Crippen molar-refractivity contribution in [1.29, 1.82) is 0 Å². The first-order chi connectivity index (χ1) is 9.15. The number of hydrogen-bond acceptors (Lipinski definition) is 2. The van der Waals surface area contributed by atoms with Crippen LogP contribution in [0.15, 0.2) is 18.2 Å². The van der Waals surface area contributed by atoms with Crippen LogP contribution < -0.4 is 10.2 Å². The molecule has 4 nitrogen and oxygen atoms in total. The summed E-state index contributed by atoms with van der Waals surface area (Å²) in [7, 11) is 0. The number of rotatable bonds is 3. The summed E-state index contributed by atoms with van der Waals surface area (Å²) in [5.74, 6) is -0.0197. The molecule has 0 unspecified atom stereocenters. The molecule has 1 heterocycles. The van der Waals surface area contributed by atoms with E-state index in [4.69, 9.17) is 11.6 Å². The number of carbonyl (C=O) groups excluding carboxylic acids is 2. The van der Waals surface area contributed by atoms with Gasteiger partial charge in [0.15, 0.2) is 0 Å². The lowest BCUT2D eigenvalue weighted by molar-refractivity contribution is -0.117. The van der Waals surface area contributed by atoms with Crippen LogP contribution >= 0.6 is 11.6 Å². The Morgan fingerprint density at radius 2 is 2.16 bits per heavy atom. The molecular weight excluding hydrogens is 264 g/mol. The topological polar surface area (TPSA) is 49.4 Å². The lowest BCUT2D eigenvalue weighted by atomic mass is 10.1. The van der Waals surface area contributed by atoms with E-state index in [2.05, 4.69) is 5.32 Å². The highest BCUT2D eigenvalue weighted by atomic mass is 35.5. The van der Waals surface area contributed by atoms with Gasteiger partial charge in [-0.15, -0.1) is 0 Å². The minimum atomic E-state index is -0.0907. The van der Waals surface area contributed by atoms with E-state index in [0.717, 1.165) is 19.3 Å². The normalized spacial score (nSPS) is 18.8. The van der Waals surface area contributed by atoms with Crippen molar-refractivity contribution in [1.82, 2.24) is 5.32 Å². The average molecular weight is 279 g/mol. The molecule has 1 saturated carbocycles. The second-order valence-corrected chi connectivity index (χ2v) is 5.47. The summed E-state index contributed by atoms with van der Waals surface area (Å²) in [6.07, 6.45) is 3.50. The molecule has 0 radical (unpaired) electrons. The highest BCUT2D eigenvalue weighted by molar-refractivity contribution is 6.34. The van der Waals surface area contributed by atoms with Crippen LogP contribution in [0, 0.1) is 0 Å². The fraction of sp³-hybridized carbons (Fsp3) is 0.429. The highest BCUT2D eigenvalue weighted by Crippen LogP contribution is 2.30. The van der Waals surface area contributed by atoms with Crippen LogP contribution in [0.25, 0.3) is 0 Å². The van der Waals surface area contributed by atoms with Crippen molar-refractivity contribution < 1.29 is 9.59 Å². The van der Waals surface area contributed by atoms with Gasteiger partial charge in [-0.25, -0.2) is 0 Å². The van der Waals surface area contributed by atoms with E-state index in [1.54, 1.807) is 23.1 Å². The van der Waals surface area contributed by atoms with Crippen molar-refractivity contribution in [2.24, 2.45) is 0 Å². The lowest BCUT2D eigenvalue weighted by Crippen LogP contribution is -2.27. The summed E-state index contributed by atoms with van der Waals surface area (Å²) >= 11 is 6.14. The molecule has 5 heteroatoms. The Hall–Kier alpha value is -1.55. The number of nitrogens with zero attached hydrogens (tertiary/aromatic N) is 1. The van der Waals surface area contributed by atoms with E-state index in [-0.39, 0.29) is 11.8 Å². The summed E-state index contributed by atoms with van der Waals surface area (Å²) in [6.45, 7) is 0.673. The first-order valence-electron chi connectivity index (χ1n) is 6.56. The van der Waals surface area contributed by atoms with Crippen molar-refractivity contribution in [3.8, 4) is 0 Å². The number of benzene rings is 1. The molecule has 1 saturated heterocycles. The van der Waals surface area contributed by atoms with Crippen LogP contribution in [-0.4, -0.2) is 24.4 Å². The maximum atomic E-state index is 12.0. The van der Waals surface area contributed by atoms with E-state index in [1.165, 1.54) is 0 Å². The minimum absolute atomic E-state index is 0.0710. The van der Waals surface area contributed by atoms with E-state index < -0.39 is 0 Å². The van der Waals surface area contributed by atoms with Crippen LogP contribution in [0.1, 0.15) is 36.0 Å². The zero-order valence-electron chi connectivity index (χ0n) is 10.5. The zero-order valence-corrected chi connectivity index (χ0v) is 11.2. The third kappa shape index (κ3) is 2.59. The van der Waals surface area contributed by atoms with E-state index >= 15 is 0 Å². The van der Waals surface area contributed by atoms with Crippen molar-refractivity contribution in [2.45, 2.75) is 31.7 Å². The molecule has 0 aromatic heterocycles. The quantitative estimate of drug-likeness (QED) is 0.923. The molecule has 2 fully saturated rings. The summed E-state index contributed by atoms with van der Waals surface area (Å²) < 4.78 is 0. The van der Waals surface area contributed by atoms with Gasteiger partial charge in [-0.1, -0.05) is 11.6 Å². The highest BCUT2D eigenvalue weighted by Gasteiger charge is 2.26. The molecule has 100 valence electrons. The molecule has 3 rings (SSSR count). The molecule has 1 aliphatic carbocycles. The van der Waals surface area contributed by atoms with E-state index in [0.29, 0.717) is 35.3 Å². The Morgan fingerprint density at radius 3 is 2.79 bits per heavy atom.